The summed E-state index contributed by atoms with van der Waals surface area (Å²) in [6.07, 6.45) is 4.64. The first kappa shape index (κ1) is 14.0. The molecular formula is C13H23N3O. The second kappa shape index (κ2) is 6.61. The molecule has 0 bridgehead atoms. The number of amides is 1. The van der Waals surface area contributed by atoms with Gasteiger partial charge in [0.15, 0.2) is 0 Å². The molecule has 0 spiro atoms. The van der Waals surface area contributed by atoms with Crippen LogP contribution in [-0.4, -0.2) is 18.0 Å². The second-order valence-electron chi connectivity index (χ2n) is 5.37. The molecule has 0 heterocycles. The maximum absolute atomic E-state index is 12.0. The van der Waals surface area contributed by atoms with Gasteiger partial charge in [0.1, 0.15) is 6.04 Å². The van der Waals surface area contributed by atoms with Gasteiger partial charge >= 0.3 is 0 Å². The van der Waals surface area contributed by atoms with Gasteiger partial charge in [0, 0.05) is 6.04 Å². The van der Waals surface area contributed by atoms with E-state index in [1.807, 2.05) is 13.8 Å². The van der Waals surface area contributed by atoms with Crippen molar-refractivity contribution in [1.29, 1.82) is 5.26 Å². The number of nitriles is 1. The van der Waals surface area contributed by atoms with Crippen molar-refractivity contribution in [3.05, 3.63) is 0 Å². The molecule has 1 saturated carbocycles. The first-order valence-electron chi connectivity index (χ1n) is 6.50. The Balaban J connectivity index is 2.49. The molecule has 0 aromatic rings. The molecule has 0 aromatic heterocycles. The highest BCUT2D eigenvalue weighted by Gasteiger charge is 2.29. The van der Waals surface area contributed by atoms with E-state index in [9.17, 15) is 4.79 Å². The van der Waals surface area contributed by atoms with Crippen molar-refractivity contribution < 1.29 is 4.79 Å². The van der Waals surface area contributed by atoms with Gasteiger partial charge in [0.05, 0.1) is 12.0 Å². The maximum atomic E-state index is 12.0. The summed E-state index contributed by atoms with van der Waals surface area (Å²) < 4.78 is 0. The summed E-state index contributed by atoms with van der Waals surface area (Å²) in [6, 6.07) is 1.73. The molecule has 1 fully saturated rings. The summed E-state index contributed by atoms with van der Waals surface area (Å²) >= 11 is 0. The van der Waals surface area contributed by atoms with Crippen molar-refractivity contribution in [2.75, 3.05) is 0 Å². The van der Waals surface area contributed by atoms with Gasteiger partial charge in [-0.1, -0.05) is 26.7 Å². The van der Waals surface area contributed by atoms with Gasteiger partial charge in [-0.3, -0.25) is 4.79 Å². The molecule has 96 valence electrons. The molecule has 1 rings (SSSR count). The van der Waals surface area contributed by atoms with Gasteiger partial charge < -0.3 is 11.1 Å². The SMILES string of the molecule is CC(C)CC(C#N)NC(=O)C1CCCCC1N. The summed E-state index contributed by atoms with van der Waals surface area (Å²) in [5.41, 5.74) is 5.95. The largest absolute Gasteiger partial charge is 0.340 e. The normalized spacial score (nSPS) is 26.3. The number of carbonyl (C=O) groups excluding carboxylic acids is 1. The number of nitrogens with two attached hydrogens (primary N) is 1. The maximum Gasteiger partial charge on any atom is 0.225 e. The van der Waals surface area contributed by atoms with E-state index < -0.39 is 0 Å². The summed E-state index contributed by atoms with van der Waals surface area (Å²) in [5.74, 6) is 0.260. The van der Waals surface area contributed by atoms with Gasteiger partial charge in [0.25, 0.3) is 0 Å². The van der Waals surface area contributed by atoms with Crippen LogP contribution in [0, 0.1) is 23.2 Å². The van der Waals surface area contributed by atoms with Crippen LogP contribution in [0.2, 0.25) is 0 Å². The van der Waals surface area contributed by atoms with Crippen LogP contribution in [0.3, 0.4) is 0 Å². The molecule has 17 heavy (non-hydrogen) atoms. The monoisotopic (exact) mass is 237 g/mol. The number of rotatable bonds is 4. The van der Waals surface area contributed by atoms with Crippen molar-refractivity contribution in [2.45, 2.75) is 58.0 Å². The topological polar surface area (TPSA) is 78.9 Å². The van der Waals surface area contributed by atoms with E-state index in [1.54, 1.807) is 0 Å². The minimum absolute atomic E-state index is 0.0376. The van der Waals surface area contributed by atoms with Crippen LogP contribution in [0.1, 0.15) is 46.0 Å². The minimum Gasteiger partial charge on any atom is -0.340 e. The predicted molar refractivity (Wildman–Crippen MR) is 66.9 cm³/mol. The lowest BCUT2D eigenvalue weighted by Gasteiger charge is -2.28. The molecule has 0 aliphatic heterocycles. The van der Waals surface area contributed by atoms with E-state index in [2.05, 4.69) is 11.4 Å². The molecule has 0 aromatic carbocycles. The molecule has 1 aliphatic rings. The molecule has 1 amide bonds. The zero-order chi connectivity index (χ0) is 12.8. The fraction of sp³-hybridized carbons (Fsp3) is 0.846. The van der Waals surface area contributed by atoms with E-state index in [0.717, 1.165) is 25.7 Å². The minimum atomic E-state index is -0.378. The first-order valence-corrected chi connectivity index (χ1v) is 6.50. The van der Waals surface area contributed by atoms with Crippen LogP contribution in [0.25, 0.3) is 0 Å². The lowest BCUT2D eigenvalue weighted by atomic mass is 9.84. The van der Waals surface area contributed by atoms with Gasteiger partial charge in [0.2, 0.25) is 5.91 Å². The quantitative estimate of drug-likeness (QED) is 0.778. The van der Waals surface area contributed by atoms with E-state index in [4.69, 9.17) is 11.0 Å². The molecule has 4 heteroatoms. The van der Waals surface area contributed by atoms with E-state index in [0.29, 0.717) is 12.3 Å². The smallest absolute Gasteiger partial charge is 0.225 e. The molecule has 0 radical (unpaired) electrons. The summed E-state index contributed by atoms with van der Waals surface area (Å²) in [7, 11) is 0. The summed E-state index contributed by atoms with van der Waals surface area (Å²) in [4.78, 5) is 12.0. The Morgan fingerprint density at radius 2 is 2.12 bits per heavy atom. The molecule has 3 unspecified atom stereocenters. The lowest BCUT2D eigenvalue weighted by Crippen LogP contribution is -2.46. The third kappa shape index (κ3) is 4.35. The number of hydrogen-bond donors (Lipinski definition) is 2. The standard InChI is InChI=1S/C13H23N3O/c1-9(2)7-10(8-14)16-13(17)11-5-3-4-6-12(11)15/h9-12H,3-7,15H2,1-2H3,(H,16,17). The highest BCUT2D eigenvalue weighted by Crippen LogP contribution is 2.23. The first-order chi connectivity index (χ1) is 8.04. The van der Waals surface area contributed by atoms with Gasteiger partial charge in [-0.25, -0.2) is 0 Å². The van der Waals surface area contributed by atoms with Crippen LogP contribution < -0.4 is 11.1 Å². The highest BCUT2D eigenvalue weighted by atomic mass is 16.2. The Hall–Kier alpha value is -1.08. The Bertz CT molecular complexity index is 296. The Labute approximate surface area is 104 Å². The van der Waals surface area contributed by atoms with Crippen molar-refractivity contribution >= 4 is 5.91 Å². The summed E-state index contributed by atoms with van der Waals surface area (Å²) in [5, 5.41) is 11.8. The fourth-order valence-corrected chi connectivity index (χ4v) is 2.38. The average Bonchev–Trinajstić information content (AvgIpc) is 2.27. The van der Waals surface area contributed by atoms with Crippen LogP contribution in [-0.2, 0) is 4.79 Å². The fourth-order valence-electron chi connectivity index (χ4n) is 2.38. The summed E-state index contributed by atoms with van der Waals surface area (Å²) in [6.45, 7) is 4.09. The number of nitrogens with zero attached hydrogens (tertiary/aromatic N) is 1. The van der Waals surface area contributed by atoms with Crippen LogP contribution in [0.4, 0.5) is 0 Å². The van der Waals surface area contributed by atoms with E-state index in [1.165, 1.54) is 0 Å². The predicted octanol–water partition coefficient (Wildman–Crippen LogP) is 1.56. The molecular weight excluding hydrogens is 214 g/mol. The average molecular weight is 237 g/mol. The highest BCUT2D eigenvalue weighted by molar-refractivity contribution is 5.80. The molecule has 1 aliphatic carbocycles. The Morgan fingerprint density at radius 3 is 2.65 bits per heavy atom. The zero-order valence-electron chi connectivity index (χ0n) is 10.8. The van der Waals surface area contributed by atoms with Crippen LogP contribution in [0.15, 0.2) is 0 Å². The van der Waals surface area contributed by atoms with Gasteiger partial charge in [-0.15, -0.1) is 0 Å². The van der Waals surface area contributed by atoms with Crippen LogP contribution >= 0.6 is 0 Å². The Morgan fingerprint density at radius 1 is 1.47 bits per heavy atom. The molecule has 4 nitrogen and oxygen atoms in total. The Kier molecular flexibility index (Phi) is 5.43. The van der Waals surface area contributed by atoms with E-state index >= 15 is 0 Å². The number of carbonyl (C=O) groups is 1. The van der Waals surface area contributed by atoms with Crippen molar-refractivity contribution in [3.8, 4) is 6.07 Å². The third-order valence-electron chi connectivity index (χ3n) is 3.34. The molecule has 0 saturated heterocycles. The zero-order valence-corrected chi connectivity index (χ0v) is 10.8. The molecule has 3 N–H and O–H groups in total. The van der Waals surface area contributed by atoms with Crippen molar-refractivity contribution in [1.82, 2.24) is 5.32 Å². The van der Waals surface area contributed by atoms with E-state index in [-0.39, 0.29) is 23.9 Å². The second-order valence-corrected chi connectivity index (χ2v) is 5.37. The number of hydrogen-bond acceptors (Lipinski definition) is 3. The van der Waals surface area contributed by atoms with Gasteiger partial charge in [-0.2, -0.15) is 5.26 Å². The number of nitrogens with one attached hydrogen (secondary N) is 1. The third-order valence-corrected chi connectivity index (χ3v) is 3.34. The molecule has 3 atom stereocenters. The van der Waals surface area contributed by atoms with Crippen molar-refractivity contribution in [3.63, 3.8) is 0 Å². The van der Waals surface area contributed by atoms with Crippen LogP contribution in [0.5, 0.6) is 0 Å². The van der Waals surface area contributed by atoms with Gasteiger partial charge in [-0.05, 0) is 25.2 Å². The van der Waals surface area contributed by atoms with Crippen molar-refractivity contribution in [2.24, 2.45) is 17.6 Å². The lowest BCUT2D eigenvalue weighted by molar-refractivity contribution is -0.126.